The van der Waals surface area contributed by atoms with E-state index in [1.165, 1.54) is 31.6 Å². The zero-order chi connectivity index (χ0) is 8.81. The molecule has 0 atom stereocenters. The standard InChI is InChI=1S/C10H14O2/c1-9(11)12-8-7-10-5-3-2-4-6-10/h5,7-8H,2-4,6H2,1H3/b8-7+. The molecule has 1 aliphatic carbocycles. The average Bonchev–Trinajstić information content (AvgIpc) is 2.05. The molecule has 2 nitrogen and oxygen atoms in total. The number of ether oxygens (including phenoxy) is 1. The molecule has 1 rings (SSSR count). The van der Waals surface area contributed by atoms with Crippen molar-refractivity contribution in [2.24, 2.45) is 0 Å². The van der Waals surface area contributed by atoms with Gasteiger partial charge < -0.3 is 4.74 Å². The first kappa shape index (κ1) is 9.04. The van der Waals surface area contributed by atoms with E-state index in [1.54, 1.807) is 0 Å². The van der Waals surface area contributed by atoms with Crippen molar-refractivity contribution in [2.45, 2.75) is 32.6 Å². The van der Waals surface area contributed by atoms with Gasteiger partial charge in [0.25, 0.3) is 0 Å². The zero-order valence-electron chi connectivity index (χ0n) is 7.38. The van der Waals surface area contributed by atoms with Gasteiger partial charge in [0, 0.05) is 6.92 Å². The third-order valence-corrected chi connectivity index (χ3v) is 1.84. The number of allylic oxidation sites excluding steroid dienone is 3. The SMILES string of the molecule is CC(=O)O/C=C/C1=CCCCC1. The van der Waals surface area contributed by atoms with E-state index < -0.39 is 0 Å². The summed E-state index contributed by atoms with van der Waals surface area (Å²) >= 11 is 0. The molecule has 0 aliphatic heterocycles. The molecule has 0 saturated carbocycles. The molecular formula is C10H14O2. The van der Waals surface area contributed by atoms with Gasteiger partial charge in [0.1, 0.15) is 0 Å². The van der Waals surface area contributed by atoms with Gasteiger partial charge in [-0.05, 0) is 37.3 Å². The van der Waals surface area contributed by atoms with Crippen LogP contribution in [0.3, 0.4) is 0 Å². The Hall–Kier alpha value is -1.05. The van der Waals surface area contributed by atoms with Crippen LogP contribution in [0, 0.1) is 0 Å². The molecule has 0 spiro atoms. The maximum atomic E-state index is 10.4. The van der Waals surface area contributed by atoms with Crippen molar-refractivity contribution < 1.29 is 9.53 Å². The number of rotatable bonds is 2. The first-order chi connectivity index (χ1) is 5.79. The summed E-state index contributed by atoms with van der Waals surface area (Å²) in [4.78, 5) is 10.4. The van der Waals surface area contributed by atoms with E-state index in [4.69, 9.17) is 0 Å². The van der Waals surface area contributed by atoms with Crippen LogP contribution in [0.25, 0.3) is 0 Å². The molecule has 0 aromatic carbocycles. The fourth-order valence-corrected chi connectivity index (χ4v) is 1.23. The van der Waals surface area contributed by atoms with Crippen molar-refractivity contribution in [1.29, 1.82) is 0 Å². The highest BCUT2D eigenvalue weighted by Crippen LogP contribution is 2.17. The van der Waals surface area contributed by atoms with Crippen LogP contribution in [0.1, 0.15) is 32.6 Å². The highest BCUT2D eigenvalue weighted by atomic mass is 16.5. The van der Waals surface area contributed by atoms with Crippen LogP contribution >= 0.6 is 0 Å². The van der Waals surface area contributed by atoms with Crippen molar-refractivity contribution in [2.75, 3.05) is 0 Å². The maximum absolute atomic E-state index is 10.4. The first-order valence-corrected chi connectivity index (χ1v) is 4.32. The molecule has 0 amide bonds. The Morgan fingerprint density at radius 1 is 1.58 bits per heavy atom. The summed E-state index contributed by atoms with van der Waals surface area (Å²) in [5.41, 5.74) is 1.28. The van der Waals surface area contributed by atoms with Crippen LogP contribution in [0.5, 0.6) is 0 Å². The molecule has 0 radical (unpaired) electrons. The van der Waals surface area contributed by atoms with E-state index in [9.17, 15) is 4.79 Å². The van der Waals surface area contributed by atoms with Gasteiger partial charge in [-0.15, -0.1) is 0 Å². The molecule has 2 heteroatoms. The summed E-state index contributed by atoms with van der Waals surface area (Å²) < 4.78 is 4.68. The van der Waals surface area contributed by atoms with Gasteiger partial charge in [-0.1, -0.05) is 6.08 Å². The highest BCUT2D eigenvalue weighted by molar-refractivity contribution is 5.66. The van der Waals surface area contributed by atoms with E-state index in [-0.39, 0.29) is 5.97 Å². The van der Waals surface area contributed by atoms with Crippen molar-refractivity contribution >= 4 is 5.97 Å². The van der Waals surface area contributed by atoms with Crippen LogP contribution in [-0.2, 0) is 9.53 Å². The molecule has 0 fully saturated rings. The van der Waals surface area contributed by atoms with Crippen LogP contribution in [-0.4, -0.2) is 5.97 Å². The van der Waals surface area contributed by atoms with Crippen molar-refractivity contribution in [3.63, 3.8) is 0 Å². The number of carbonyl (C=O) groups excluding carboxylic acids is 1. The minimum Gasteiger partial charge on any atom is -0.435 e. The Bertz CT molecular complexity index is 214. The Labute approximate surface area is 72.9 Å². The normalized spacial score (nSPS) is 17.6. The fraction of sp³-hybridized carbons (Fsp3) is 0.500. The van der Waals surface area contributed by atoms with E-state index in [0.29, 0.717) is 0 Å². The van der Waals surface area contributed by atoms with Crippen LogP contribution in [0.15, 0.2) is 24.0 Å². The number of carbonyl (C=O) groups is 1. The monoisotopic (exact) mass is 166 g/mol. The van der Waals surface area contributed by atoms with E-state index >= 15 is 0 Å². The summed E-state index contributed by atoms with van der Waals surface area (Å²) in [6.07, 6.45) is 10.3. The second-order valence-corrected chi connectivity index (χ2v) is 2.94. The van der Waals surface area contributed by atoms with Crippen molar-refractivity contribution in [3.05, 3.63) is 24.0 Å². The minimum absolute atomic E-state index is 0.261. The predicted octanol–water partition coefficient (Wildman–Crippen LogP) is 2.56. The molecule has 1 aliphatic rings. The molecule has 12 heavy (non-hydrogen) atoms. The van der Waals surface area contributed by atoms with Crippen LogP contribution < -0.4 is 0 Å². The van der Waals surface area contributed by atoms with E-state index in [2.05, 4.69) is 10.8 Å². The Morgan fingerprint density at radius 2 is 2.42 bits per heavy atom. The molecular weight excluding hydrogens is 152 g/mol. The van der Waals surface area contributed by atoms with Crippen molar-refractivity contribution in [1.82, 2.24) is 0 Å². The third kappa shape index (κ3) is 3.37. The van der Waals surface area contributed by atoms with Crippen LogP contribution in [0.2, 0.25) is 0 Å². The first-order valence-electron chi connectivity index (χ1n) is 4.32. The largest absolute Gasteiger partial charge is 0.435 e. The second kappa shape index (κ2) is 4.75. The van der Waals surface area contributed by atoms with E-state index in [0.717, 1.165) is 12.8 Å². The lowest BCUT2D eigenvalue weighted by Gasteiger charge is -2.07. The molecule has 0 saturated heterocycles. The second-order valence-electron chi connectivity index (χ2n) is 2.94. The summed E-state index contributed by atoms with van der Waals surface area (Å²) in [5, 5.41) is 0. The summed E-state index contributed by atoms with van der Waals surface area (Å²) in [6, 6.07) is 0. The number of hydrogen-bond donors (Lipinski definition) is 0. The van der Waals surface area contributed by atoms with E-state index in [1.807, 2.05) is 6.08 Å². The molecule has 0 aromatic heterocycles. The van der Waals surface area contributed by atoms with Gasteiger partial charge in [-0.3, -0.25) is 4.79 Å². The van der Waals surface area contributed by atoms with Gasteiger partial charge in [0.15, 0.2) is 0 Å². The summed E-state index contributed by atoms with van der Waals surface area (Å²) in [7, 11) is 0. The molecule has 0 bridgehead atoms. The van der Waals surface area contributed by atoms with Gasteiger partial charge in [0.2, 0.25) is 0 Å². The lowest BCUT2D eigenvalue weighted by Crippen LogP contribution is -1.92. The Morgan fingerprint density at radius 3 is 3.00 bits per heavy atom. The molecule has 66 valence electrons. The number of hydrogen-bond acceptors (Lipinski definition) is 2. The van der Waals surface area contributed by atoms with Gasteiger partial charge in [0.05, 0.1) is 6.26 Å². The van der Waals surface area contributed by atoms with Gasteiger partial charge >= 0.3 is 5.97 Å². The zero-order valence-corrected chi connectivity index (χ0v) is 7.38. The molecule has 0 unspecified atom stereocenters. The lowest BCUT2D eigenvalue weighted by molar-refractivity contribution is -0.135. The van der Waals surface area contributed by atoms with Gasteiger partial charge in [-0.2, -0.15) is 0 Å². The number of esters is 1. The Balaban J connectivity index is 2.33. The van der Waals surface area contributed by atoms with Crippen molar-refractivity contribution in [3.8, 4) is 0 Å². The van der Waals surface area contributed by atoms with Gasteiger partial charge in [-0.25, -0.2) is 0 Å². The highest BCUT2D eigenvalue weighted by Gasteiger charge is 1.99. The fourth-order valence-electron chi connectivity index (χ4n) is 1.23. The van der Waals surface area contributed by atoms with Crippen LogP contribution in [0.4, 0.5) is 0 Å². The molecule has 0 heterocycles. The topological polar surface area (TPSA) is 26.3 Å². The summed E-state index contributed by atoms with van der Waals surface area (Å²) in [5.74, 6) is -0.261. The smallest absolute Gasteiger partial charge is 0.307 e. The third-order valence-electron chi connectivity index (χ3n) is 1.84. The maximum Gasteiger partial charge on any atom is 0.307 e. The lowest BCUT2D eigenvalue weighted by atomic mass is 10.00. The predicted molar refractivity (Wildman–Crippen MR) is 47.5 cm³/mol. The quantitative estimate of drug-likeness (QED) is 0.465. The average molecular weight is 166 g/mol. The Kier molecular flexibility index (Phi) is 3.58. The molecule has 0 N–H and O–H groups in total. The molecule has 0 aromatic rings. The minimum atomic E-state index is -0.261. The summed E-state index contributed by atoms with van der Waals surface area (Å²) in [6.45, 7) is 1.40.